The van der Waals surface area contributed by atoms with E-state index in [0.717, 1.165) is 16.0 Å². The minimum Gasteiger partial charge on any atom is -0.465 e. The van der Waals surface area contributed by atoms with Gasteiger partial charge in [-0.25, -0.2) is 4.79 Å². The Morgan fingerprint density at radius 2 is 1.73 bits per heavy atom. The van der Waals surface area contributed by atoms with Crippen LogP contribution < -0.4 is 10.6 Å². The van der Waals surface area contributed by atoms with Crippen LogP contribution in [0.2, 0.25) is 0 Å². The van der Waals surface area contributed by atoms with E-state index in [1.54, 1.807) is 31.2 Å². The molecule has 11 heteroatoms. The Morgan fingerprint density at radius 1 is 1.00 bits per heavy atom. The largest absolute Gasteiger partial charge is 0.465 e. The molecule has 0 bridgehead atoms. The van der Waals surface area contributed by atoms with Gasteiger partial charge in [-0.05, 0) is 43.7 Å². The summed E-state index contributed by atoms with van der Waals surface area (Å²) in [6.07, 6.45) is 0. The predicted molar refractivity (Wildman–Crippen MR) is 157 cm³/mol. The highest BCUT2D eigenvalue weighted by atomic mass is 32.2. The molecule has 1 atom stereocenters. The van der Waals surface area contributed by atoms with Gasteiger partial charge in [0.2, 0.25) is 5.91 Å². The maximum absolute atomic E-state index is 13.1. The molecule has 2 amide bonds. The van der Waals surface area contributed by atoms with E-state index >= 15 is 0 Å². The number of nitrogens with zero attached hydrogens (tertiary/aromatic N) is 1. The van der Waals surface area contributed by atoms with Crippen LogP contribution in [0.15, 0.2) is 83.1 Å². The molecule has 0 aliphatic rings. The van der Waals surface area contributed by atoms with Gasteiger partial charge in [-0.1, -0.05) is 42.0 Å². The monoisotopic (exact) mass is 575 g/mol. The van der Waals surface area contributed by atoms with Crippen molar-refractivity contribution in [2.24, 2.45) is 0 Å². The predicted octanol–water partition coefficient (Wildman–Crippen LogP) is 6.79. The number of ether oxygens (including phenoxy) is 1. The molecule has 4 rings (SSSR count). The second kappa shape index (κ2) is 12.6. The molecule has 1 heterocycles. The number of hydrogen-bond acceptors (Lipinski definition) is 8. The van der Waals surface area contributed by atoms with Crippen LogP contribution in [-0.2, 0) is 9.53 Å². The van der Waals surface area contributed by atoms with Crippen LogP contribution in [0.5, 0.6) is 0 Å². The normalized spacial score (nSPS) is 11.4. The summed E-state index contributed by atoms with van der Waals surface area (Å²) in [4.78, 5) is 49.5. The first-order valence-electron chi connectivity index (χ1n) is 12.1. The molecule has 0 aliphatic carbocycles. The lowest BCUT2D eigenvalue weighted by atomic mass is 10.0. The molecular weight excluding hydrogens is 550 g/mol. The Labute approximate surface area is 238 Å². The molecule has 0 fully saturated rings. The summed E-state index contributed by atoms with van der Waals surface area (Å²) < 4.78 is 5.00. The highest BCUT2D eigenvalue weighted by Crippen LogP contribution is 2.37. The van der Waals surface area contributed by atoms with Crippen molar-refractivity contribution in [3.63, 3.8) is 0 Å². The Hall–Kier alpha value is -4.48. The molecular formula is C29H25N3O6S2. The minimum absolute atomic E-state index is 0.155. The summed E-state index contributed by atoms with van der Waals surface area (Å²) in [5.74, 6) is -1.34. The summed E-state index contributed by atoms with van der Waals surface area (Å²) in [7, 11) is 1.30. The third kappa shape index (κ3) is 6.74. The standard InChI is InChI=1S/C29H25N3O6S2/c1-17-10-12-19(13-11-17)24-16-39-28(25(24)29(35)38-3)31-26(33)18(2)40-23-9-5-7-21(15-23)30-27(34)20-6-4-8-22(14-20)32(36)37/h4-16,18H,1-3H3,(H,30,34)(H,31,33). The SMILES string of the molecule is COC(=O)c1c(-c2ccc(C)cc2)csc1NC(=O)C(C)Sc1cccc(NC(=O)c2cccc([N+](=O)[O-])c2)c1. The number of hydrogen-bond donors (Lipinski definition) is 2. The summed E-state index contributed by atoms with van der Waals surface area (Å²) in [6.45, 7) is 3.71. The van der Waals surface area contributed by atoms with Crippen molar-refractivity contribution in [1.82, 2.24) is 0 Å². The van der Waals surface area contributed by atoms with Gasteiger partial charge in [0.25, 0.3) is 11.6 Å². The highest BCUT2D eigenvalue weighted by molar-refractivity contribution is 8.00. The number of nitro groups is 1. The first kappa shape index (κ1) is 28.5. The third-order valence-corrected chi connectivity index (χ3v) is 7.86. The molecule has 0 spiro atoms. The number of amides is 2. The summed E-state index contributed by atoms with van der Waals surface area (Å²) >= 11 is 2.52. The van der Waals surface area contributed by atoms with Crippen LogP contribution in [0.1, 0.15) is 33.2 Å². The lowest BCUT2D eigenvalue weighted by molar-refractivity contribution is -0.384. The van der Waals surface area contributed by atoms with Crippen LogP contribution in [-0.4, -0.2) is 35.1 Å². The molecule has 0 saturated heterocycles. The van der Waals surface area contributed by atoms with Crippen molar-refractivity contribution in [2.45, 2.75) is 24.0 Å². The van der Waals surface area contributed by atoms with Crippen LogP contribution in [0.4, 0.5) is 16.4 Å². The van der Waals surface area contributed by atoms with E-state index in [0.29, 0.717) is 21.8 Å². The Morgan fingerprint density at radius 3 is 2.42 bits per heavy atom. The lowest BCUT2D eigenvalue weighted by Crippen LogP contribution is -2.23. The molecule has 204 valence electrons. The number of esters is 1. The van der Waals surface area contributed by atoms with Gasteiger partial charge in [0.1, 0.15) is 10.6 Å². The van der Waals surface area contributed by atoms with E-state index in [9.17, 15) is 24.5 Å². The zero-order chi connectivity index (χ0) is 28.8. The zero-order valence-corrected chi connectivity index (χ0v) is 23.4. The van der Waals surface area contributed by atoms with Crippen LogP contribution in [0.3, 0.4) is 0 Å². The Bertz CT molecular complexity index is 1580. The third-order valence-electron chi connectivity index (χ3n) is 5.87. The Kier molecular flexibility index (Phi) is 8.97. The van der Waals surface area contributed by atoms with Gasteiger partial charge in [0.05, 0.1) is 17.3 Å². The maximum Gasteiger partial charge on any atom is 0.341 e. The van der Waals surface area contributed by atoms with Crippen molar-refractivity contribution < 1.29 is 24.0 Å². The van der Waals surface area contributed by atoms with Crippen LogP contribution in [0, 0.1) is 17.0 Å². The fourth-order valence-electron chi connectivity index (χ4n) is 3.78. The summed E-state index contributed by atoms with van der Waals surface area (Å²) in [5.41, 5.74) is 3.36. The van der Waals surface area contributed by atoms with Gasteiger partial charge in [0, 0.05) is 39.2 Å². The number of thioether (sulfide) groups is 1. The molecule has 9 nitrogen and oxygen atoms in total. The van der Waals surface area contributed by atoms with Gasteiger partial charge < -0.3 is 15.4 Å². The fraction of sp³-hybridized carbons (Fsp3) is 0.138. The molecule has 2 N–H and O–H groups in total. The number of carbonyl (C=O) groups is 3. The van der Waals surface area contributed by atoms with Crippen LogP contribution >= 0.6 is 23.1 Å². The second-order valence-electron chi connectivity index (χ2n) is 8.75. The number of thiophene rings is 1. The van der Waals surface area contributed by atoms with Gasteiger partial charge in [-0.15, -0.1) is 23.1 Å². The molecule has 1 aromatic heterocycles. The number of rotatable bonds is 9. The molecule has 0 radical (unpaired) electrons. The lowest BCUT2D eigenvalue weighted by Gasteiger charge is -2.13. The average molecular weight is 576 g/mol. The van der Waals surface area contributed by atoms with Gasteiger partial charge >= 0.3 is 5.97 Å². The summed E-state index contributed by atoms with van der Waals surface area (Å²) in [6, 6.07) is 20.1. The summed E-state index contributed by atoms with van der Waals surface area (Å²) in [5, 5.41) is 18.3. The van der Waals surface area contributed by atoms with Gasteiger partial charge in [-0.3, -0.25) is 19.7 Å². The average Bonchev–Trinajstić information content (AvgIpc) is 3.36. The molecule has 1 unspecified atom stereocenters. The molecule has 4 aromatic rings. The number of aryl methyl sites for hydroxylation is 1. The van der Waals surface area contributed by atoms with Crippen molar-refractivity contribution in [2.75, 3.05) is 17.7 Å². The zero-order valence-electron chi connectivity index (χ0n) is 21.8. The van der Waals surface area contributed by atoms with Crippen molar-refractivity contribution in [3.8, 4) is 11.1 Å². The van der Waals surface area contributed by atoms with Crippen molar-refractivity contribution in [1.29, 1.82) is 0 Å². The minimum atomic E-state index is -0.561. The quantitative estimate of drug-likeness (QED) is 0.0973. The smallest absolute Gasteiger partial charge is 0.341 e. The number of non-ortho nitro benzene ring substituents is 1. The topological polar surface area (TPSA) is 128 Å². The molecule has 3 aromatic carbocycles. The number of anilines is 2. The number of nitro benzene ring substituents is 1. The second-order valence-corrected chi connectivity index (χ2v) is 11.0. The fourth-order valence-corrected chi connectivity index (χ4v) is 5.67. The van der Waals surface area contributed by atoms with E-state index in [-0.39, 0.29) is 17.2 Å². The van der Waals surface area contributed by atoms with Crippen LogP contribution in [0.25, 0.3) is 11.1 Å². The molecule has 0 aliphatic heterocycles. The van der Waals surface area contributed by atoms with E-state index in [1.807, 2.05) is 36.6 Å². The van der Waals surface area contributed by atoms with E-state index in [2.05, 4.69) is 10.6 Å². The maximum atomic E-state index is 13.1. The number of nitrogens with one attached hydrogen (secondary N) is 2. The number of carbonyl (C=O) groups excluding carboxylic acids is 3. The Balaban J connectivity index is 1.46. The van der Waals surface area contributed by atoms with Gasteiger partial charge in [-0.2, -0.15) is 0 Å². The number of benzene rings is 3. The molecule has 0 saturated carbocycles. The van der Waals surface area contributed by atoms with Crippen molar-refractivity contribution in [3.05, 3.63) is 105 Å². The van der Waals surface area contributed by atoms with E-state index in [4.69, 9.17) is 4.74 Å². The molecule has 40 heavy (non-hydrogen) atoms. The first-order valence-corrected chi connectivity index (χ1v) is 13.8. The van der Waals surface area contributed by atoms with E-state index < -0.39 is 22.0 Å². The van der Waals surface area contributed by atoms with Crippen molar-refractivity contribution >= 4 is 57.3 Å². The number of methoxy groups -OCH3 is 1. The van der Waals surface area contributed by atoms with E-state index in [1.165, 1.54) is 54.5 Å². The van der Waals surface area contributed by atoms with Gasteiger partial charge in [0.15, 0.2) is 0 Å². The highest BCUT2D eigenvalue weighted by Gasteiger charge is 2.24. The first-order chi connectivity index (χ1) is 19.2.